The minimum Gasteiger partial charge on any atom is -0.387 e. The van der Waals surface area contributed by atoms with Crippen LogP contribution in [0.4, 0.5) is 0 Å². The highest BCUT2D eigenvalue weighted by atomic mass is 32.3. The summed E-state index contributed by atoms with van der Waals surface area (Å²) in [5, 5.41) is 10.3. The molecule has 0 aliphatic carbocycles. The maximum absolute atomic E-state index is 9.54. The van der Waals surface area contributed by atoms with Gasteiger partial charge >= 0.3 is 0 Å². The number of aliphatic hydroxyl groups excluding tert-OH is 1. The normalized spacial score (nSPS) is 39.3. The standard InChI is InChI=1S/C11H24OS/c1-5-7-13(9-12)8-6-10(13)11(2,3)4/h10,12H,5-9H2,1-4H3. The molecule has 1 fully saturated rings. The van der Waals surface area contributed by atoms with E-state index in [1.54, 1.807) is 0 Å². The van der Waals surface area contributed by atoms with Crippen molar-refractivity contribution in [2.75, 3.05) is 17.4 Å². The van der Waals surface area contributed by atoms with Gasteiger partial charge in [0.2, 0.25) is 0 Å². The lowest BCUT2D eigenvalue weighted by Crippen LogP contribution is -2.45. The van der Waals surface area contributed by atoms with Crippen molar-refractivity contribution >= 4 is 10.0 Å². The molecule has 1 aliphatic heterocycles. The van der Waals surface area contributed by atoms with Gasteiger partial charge in [0, 0.05) is 0 Å². The Kier molecular flexibility index (Phi) is 3.34. The van der Waals surface area contributed by atoms with Crippen LogP contribution in [0.3, 0.4) is 0 Å². The van der Waals surface area contributed by atoms with Crippen molar-refractivity contribution in [3.8, 4) is 0 Å². The van der Waals surface area contributed by atoms with Gasteiger partial charge in [0.15, 0.2) is 0 Å². The van der Waals surface area contributed by atoms with Crippen LogP contribution in [0, 0.1) is 5.41 Å². The van der Waals surface area contributed by atoms with Crippen LogP contribution in [0.5, 0.6) is 0 Å². The van der Waals surface area contributed by atoms with Crippen molar-refractivity contribution in [2.24, 2.45) is 5.41 Å². The molecule has 0 aromatic rings. The summed E-state index contributed by atoms with van der Waals surface area (Å²) in [6, 6.07) is 0. The molecule has 0 bridgehead atoms. The number of hydrogen-bond donors (Lipinski definition) is 1. The molecule has 13 heavy (non-hydrogen) atoms. The van der Waals surface area contributed by atoms with Crippen molar-refractivity contribution in [3.05, 3.63) is 0 Å². The van der Waals surface area contributed by atoms with Crippen molar-refractivity contribution in [1.82, 2.24) is 0 Å². The first-order chi connectivity index (χ1) is 5.96. The lowest BCUT2D eigenvalue weighted by atomic mass is 9.90. The molecule has 2 atom stereocenters. The molecule has 0 aromatic carbocycles. The van der Waals surface area contributed by atoms with Crippen LogP contribution in [0.25, 0.3) is 0 Å². The lowest BCUT2D eigenvalue weighted by Gasteiger charge is -2.59. The summed E-state index contributed by atoms with van der Waals surface area (Å²) in [6.07, 6.45) is 2.59. The topological polar surface area (TPSA) is 20.2 Å². The molecule has 2 unspecified atom stereocenters. The molecule has 2 heteroatoms. The van der Waals surface area contributed by atoms with E-state index in [1.807, 2.05) is 0 Å². The molecule has 0 amide bonds. The van der Waals surface area contributed by atoms with Gasteiger partial charge in [-0.15, -0.1) is 0 Å². The second-order valence-corrected chi connectivity index (χ2v) is 9.16. The van der Waals surface area contributed by atoms with E-state index >= 15 is 0 Å². The summed E-state index contributed by atoms with van der Waals surface area (Å²) in [4.78, 5) is 0. The number of rotatable bonds is 3. The third-order valence-electron chi connectivity index (χ3n) is 3.22. The minimum atomic E-state index is -0.627. The Bertz CT molecular complexity index is 169. The highest BCUT2D eigenvalue weighted by molar-refractivity contribution is 8.35. The van der Waals surface area contributed by atoms with Crippen LogP contribution < -0.4 is 0 Å². The molecule has 0 spiro atoms. The summed E-state index contributed by atoms with van der Waals surface area (Å²) in [5.41, 5.74) is 0.408. The van der Waals surface area contributed by atoms with Gasteiger partial charge in [-0.2, -0.15) is 0 Å². The van der Waals surface area contributed by atoms with Gasteiger partial charge in [-0.05, 0) is 35.0 Å². The summed E-state index contributed by atoms with van der Waals surface area (Å²) in [7, 11) is -0.627. The summed E-state index contributed by atoms with van der Waals surface area (Å²) >= 11 is 0. The van der Waals surface area contributed by atoms with E-state index in [0.29, 0.717) is 11.4 Å². The highest BCUT2D eigenvalue weighted by Crippen LogP contribution is 2.66. The first-order valence-electron chi connectivity index (χ1n) is 5.32. The molecule has 0 saturated carbocycles. The van der Waals surface area contributed by atoms with Crippen LogP contribution in [0.1, 0.15) is 40.5 Å². The van der Waals surface area contributed by atoms with E-state index in [9.17, 15) is 5.11 Å². The van der Waals surface area contributed by atoms with E-state index in [0.717, 1.165) is 5.25 Å². The smallest absolute Gasteiger partial charge is 0.0738 e. The monoisotopic (exact) mass is 204 g/mol. The van der Waals surface area contributed by atoms with Gasteiger partial charge in [0.05, 0.1) is 5.94 Å². The second-order valence-electron chi connectivity index (χ2n) is 5.29. The molecule has 1 saturated heterocycles. The Hall–Kier alpha value is 0.310. The van der Waals surface area contributed by atoms with Crippen LogP contribution in [-0.2, 0) is 0 Å². The SMILES string of the molecule is CCCS1(CO)CCC1C(C)(C)C. The average molecular weight is 204 g/mol. The molecular weight excluding hydrogens is 180 g/mol. The number of aliphatic hydroxyl groups is 1. The van der Waals surface area contributed by atoms with Gasteiger partial charge in [0.1, 0.15) is 0 Å². The van der Waals surface area contributed by atoms with Crippen molar-refractivity contribution in [3.63, 3.8) is 0 Å². The molecular formula is C11H24OS. The van der Waals surface area contributed by atoms with Crippen LogP contribution in [-0.4, -0.2) is 27.8 Å². The van der Waals surface area contributed by atoms with Gasteiger partial charge in [-0.1, -0.05) is 27.7 Å². The molecule has 80 valence electrons. The zero-order valence-corrected chi connectivity index (χ0v) is 10.3. The average Bonchev–Trinajstić information content (AvgIpc) is 1.94. The van der Waals surface area contributed by atoms with Gasteiger partial charge in [0.25, 0.3) is 0 Å². The van der Waals surface area contributed by atoms with Crippen LogP contribution in [0.2, 0.25) is 0 Å². The predicted octanol–water partition coefficient (Wildman–Crippen LogP) is 2.97. The van der Waals surface area contributed by atoms with Crippen LogP contribution in [0.15, 0.2) is 0 Å². The fourth-order valence-electron chi connectivity index (χ4n) is 2.62. The Morgan fingerprint density at radius 2 is 2.00 bits per heavy atom. The van der Waals surface area contributed by atoms with Gasteiger partial charge in [-0.3, -0.25) is 0 Å². The molecule has 1 nitrogen and oxygen atoms in total. The zero-order valence-electron chi connectivity index (χ0n) is 9.47. The fraction of sp³-hybridized carbons (Fsp3) is 1.00. The first-order valence-corrected chi connectivity index (χ1v) is 7.53. The molecule has 0 aromatic heterocycles. The van der Waals surface area contributed by atoms with E-state index in [-0.39, 0.29) is 0 Å². The molecule has 0 radical (unpaired) electrons. The molecule has 1 N–H and O–H groups in total. The third kappa shape index (κ3) is 2.04. The largest absolute Gasteiger partial charge is 0.387 e. The molecule has 1 heterocycles. The minimum absolute atomic E-state index is 0.408. The zero-order chi connectivity index (χ0) is 10.1. The predicted molar refractivity (Wildman–Crippen MR) is 62.6 cm³/mol. The third-order valence-corrected chi connectivity index (χ3v) is 8.16. The van der Waals surface area contributed by atoms with Gasteiger partial charge < -0.3 is 5.11 Å². The Morgan fingerprint density at radius 1 is 1.38 bits per heavy atom. The number of hydrogen-bond acceptors (Lipinski definition) is 1. The van der Waals surface area contributed by atoms with E-state index in [2.05, 4.69) is 27.7 Å². The highest BCUT2D eigenvalue weighted by Gasteiger charge is 2.46. The molecule has 1 aliphatic rings. The van der Waals surface area contributed by atoms with E-state index in [1.165, 1.54) is 24.3 Å². The molecule has 1 rings (SSSR count). The maximum atomic E-state index is 9.54. The summed E-state index contributed by atoms with van der Waals surface area (Å²) in [5.74, 6) is 3.08. The van der Waals surface area contributed by atoms with Gasteiger partial charge in [-0.25, -0.2) is 10.0 Å². The van der Waals surface area contributed by atoms with Crippen LogP contribution >= 0.6 is 10.0 Å². The summed E-state index contributed by atoms with van der Waals surface area (Å²) < 4.78 is 0. The van der Waals surface area contributed by atoms with Crippen molar-refractivity contribution in [1.29, 1.82) is 0 Å². The maximum Gasteiger partial charge on any atom is 0.0738 e. The second kappa shape index (κ2) is 3.82. The quantitative estimate of drug-likeness (QED) is 0.749. The summed E-state index contributed by atoms with van der Waals surface area (Å²) in [6.45, 7) is 9.21. The van der Waals surface area contributed by atoms with E-state index < -0.39 is 10.0 Å². The van der Waals surface area contributed by atoms with Crippen molar-refractivity contribution < 1.29 is 5.11 Å². The van der Waals surface area contributed by atoms with E-state index in [4.69, 9.17) is 0 Å². The first kappa shape index (κ1) is 11.4. The lowest BCUT2D eigenvalue weighted by molar-refractivity contribution is 0.335. The van der Waals surface area contributed by atoms with Crippen molar-refractivity contribution in [2.45, 2.75) is 45.8 Å². The Labute approximate surface area is 84.2 Å². The fourth-order valence-corrected chi connectivity index (χ4v) is 7.00. The Balaban J connectivity index is 2.68. The Morgan fingerprint density at radius 3 is 2.23 bits per heavy atom.